The van der Waals surface area contributed by atoms with Crippen molar-refractivity contribution >= 4 is 0 Å². The monoisotopic (exact) mass is 296 g/mol. The highest BCUT2D eigenvalue weighted by Crippen LogP contribution is 2.25. The van der Waals surface area contributed by atoms with Gasteiger partial charge in [-0.15, -0.1) is 0 Å². The second-order valence-electron chi connectivity index (χ2n) is 4.92. The van der Waals surface area contributed by atoms with E-state index in [1.807, 2.05) is 30.3 Å². The standard InChI is InChI=1S/C19H14F2O/c20-16-8-11-18(19(21)12-16)15-6-9-17(10-7-15)22-13-14-4-2-1-3-5-14/h1-12H,13H2. The Bertz CT molecular complexity index is 752. The van der Waals surface area contributed by atoms with Gasteiger partial charge >= 0.3 is 0 Å². The molecule has 3 heteroatoms. The maximum atomic E-state index is 13.7. The summed E-state index contributed by atoms with van der Waals surface area (Å²) in [5, 5.41) is 0. The Labute approximate surface area is 127 Å². The van der Waals surface area contributed by atoms with E-state index < -0.39 is 11.6 Å². The zero-order valence-electron chi connectivity index (χ0n) is 11.8. The van der Waals surface area contributed by atoms with Crippen LogP contribution in [0, 0.1) is 11.6 Å². The van der Waals surface area contributed by atoms with E-state index in [0.29, 0.717) is 23.5 Å². The predicted molar refractivity (Wildman–Crippen MR) is 82.6 cm³/mol. The number of benzene rings is 3. The number of rotatable bonds is 4. The zero-order valence-corrected chi connectivity index (χ0v) is 11.8. The van der Waals surface area contributed by atoms with E-state index >= 15 is 0 Å². The summed E-state index contributed by atoms with van der Waals surface area (Å²) >= 11 is 0. The summed E-state index contributed by atoms with van der Waals surface area (Å²) in [4.78, 5) is 0. The second-order valence-corrected chi connectivity index (χ2v) is 4.92. The van der Waals surface area contributed by atoms with E-state index in [0.717, 1.165) is 11.6 Å². The highest BCUT2D eigenvalue weighted by Gasteiger charge is 2.06. The van der Waals surface area contributed by atoms with Gasteiger partial charge in [-0.3, -0.25) is 0 Å². The molecule has 0 heterocycles. The molecule has 3 aromatic rings. The Balaban J connectivity index is 1.72. The molecule has 22 heavy (non-hydrogen) atoms. The maximum absolute atomic E-state index is 13.7. The van der Waals surface area contributed by atoms with Crippen molar-refractivity contribution in [2.45, 2.75) is 6.61 Å². The molecule has 0 radical (unpaired) electrons. The van der Waals surface area contributed by atoms with E-state index in [-0.39, 0.29) is 0 Å². The van der Waals surface area contributed by atoms with Gasteiger partial charge in [0.1, 0.15) is 24.0 Å². The molecule has 0 atom stereocenters. The van der Waals surface area contributed by atoms with Crippen LogP contribution >= 0.6 is 0 Å². The fourth-order valence-electron chi connectivity index (χ4n) is 2.20. The fraction of sp³-hybridized carbons (Fsp3) is 0.0526. The Morgan fingerprint density at radius 2 is 1.50 bits per heavy atom. The molecular formula is C19H14F2O. The third-order valence-corrected chi connectivity index (χ3v) is 3.34. The van der Waals surface area contributed by atoms with Gasteiger partial charge in [0, 0.05) is 11.6 Å². The van der Waals surface area contributed by atoms with E-state index in [9.17, 15) is 8.78 Å². The first-order chi connectivity index (χ1) is 10.7. The van der Waals surface area contributed by atoms with Crippen LogP contribution in [-0.2, 0) is 6.61 Å². The minimum absolute atomic E-state index is 0.371. The molecule has 0 aromatic heterocycles. The van der Waals surface area contributed by atoms with Gasteiger partial charge in [0.15, 0.2) is 0 Å². The highest BCUT2D eigenvalue weighted by atomic mass is 19.1. The third-order valence-electron chi connectivity index (χ3n) is 3.34. The van der Waals surface area contributed by atoms with Crippen molar-refractivity contribution in [2.75, 3.05) is 0 Å². The van der Waals surface area contributed by atoms with E-state index in [2.05, 4.69) is 0 Å². The highest BCUT2D eigenvalue weighted by molar-refractivity contribution is 5.64. The number of hydrogen-bond acceptors (Lipinski definition) is 1. The Hall–Kier alpha value is -2.68. The third kappa shape index (κ3) is 3.31. The van der Waals surface area contributed by atoms with Crippen molar-refractivity contribution in [3.05, 3.63) is 90.0 Å². The molecule has 3 aromatic carbocycles. The van der Waals surface area contributed by atoms with Crippen LogP contribution in [0.25, 0.3) is 11.1 Å². The molecule has 0 aliphatic carbocycles. The van der Waals surface area contributed by atoms with Crippen molar-refractivity contribution in [3.8, 4) is 16.9 Å². The van der Waals surface area contributed by atoms with Crippen LogP contribution in [0.2, 0.25) is 0 Å². The molecule has 0 bridgehead atoms. The lowest BCUT2D eigenvalue weighted by molar-refractivity contribution is 0.306. The lowest BCUT2D eigenvalue weighted by atomic mass is 10.1. The first kappa shape index (κ1) is 14.3. The van der Waals surface area contributed by atoms with E-state index in [4.69, 9.17) is 4.74 Å². The van der Waals surface area contributed by atoms with Crippen molar-refractivity contribution in [3.63, 3.8) is 0 Å². The van der Waals surface area contributed by atoms with Gasteiger partial charge in [-0.05, 0) is 35.4 Å². The quantitative estimate of drug-likeness (QED) is 0.642. The van der Waals surface area contributed by atoms with Crippen LogP contribution in [-0.4, -0.2) is 0 Å². The molecule has 0 saturated carbocycles. The minimum atomic E-state index is -0.580. The molecule has 0 amide bonds. The lowest BCUT2D eigenvalue weighted by Crippen LogP contribution is -1.94. The molecule has 0 spiro atoms. The smallest absolute Gasteiger partial charge is 0.133 e. The Kier molecular flexibility index (Phi) is 4.15. The molecule has 110 valence electrons. The average molecular weight is 296 g/mol. The van der Waals surface area contributed by atoms with Crippen molar-refractivity contribution in [2.24, 2.45) is 0 Å². The van der Waals surface area contributed by atoms with E-state index in [1.54, 1.807) is 24.3 Å². The predicted octanol–water partition coefficient (Wildman–Crippen LogP) is 5.21. The molecule has 0 saturated heterocycles. The van der Waals surface area contributed by atoms with Crippen LogP contribution in [0.3, 0.4) is 0 Å². The summed E-state index contributed by atoms with van der Waals surface area (Å²) < 4.78 is 32.3. The van der Waals surface area contributed by atoms with Gasteiger partial charge < -0.3 is 4.74 Å². The largest absolute Gasteiger partial charge is 0.489 e. The Morgan fingerprint density at radius 3 is 2.18 bits per heavy atom. The molecule has 0 fully saturated rings. The van der Waals surface area contributed by atoms with Gasteiger partial charge in [0.25, 0.3) is 0 Å². The van der Waals surface area contributed by atoms with Crippen molar-refractivity contribution in [1.82, 2.24) is 0 Å². The average Bonchev–Trinajstić information content (AvgIpc) is 2.55. The SMILES string of the molecule is Fc1ccc(-c2ccc(OCc3ccccc3)cc2)c(F)c1. The van der Waals surface area contributed by atoms with Gasteiger partial charge in [-0.1, -0.05) is 42.5 Å². The number of halogens is 2. The molecular weight excluding hydrogens is 282 g/mol. The normalized spacial score (nSPS) is 10.5. The summed E-state index contributed by atoms with van der Waals surface area (Å²) in [6, 6.07) is 20.5. The van der Waals surface area contributed by atoms with Gasteiger partial charge in [0.2, 0.25) is 0 Å². The second kappa shape index (κ2) is 6.39. The van der Waals surface area contributed by atoms with Gasteiger partial charge in [0.05, 0.1) is 0 Å². The summed E-state index contributed by atoms with van der Waals surface area (Å²) in [6.07, 6.45) is 0. The molecule has 3 rings (SSSR count). The van der Waals surface area contributed by atoms with Gasteiger partial charge in [-0.2, -0.15) is 0 Å². The topological polar surface area (TPSA) is 9.23 Å². The summed E-state index contributed by atoms with van der Waals surface area (Å²) in [7, 11) is 0. The summed E-state index contributed by atoms with van der Waals surface area (Å²) in [5.41, 5.74) is 2.14. The van der Waals surface area contributed by atoms with Crippen LogP contribution in [0.15, 0.2) is 72.8 Å². The van der Waals surface area contributed by atoms with Crippen LogP contribution in [0.1, 0.15) is 5.56 Å². The van der Waals surface area contributed by atoms with Crippen molar-refractivity contribution < 1.29 is 13.5 Å². The minimum Gasteiger partial charge on any atom is -0.489 e. The molecule has 0 N–H and O–H groups in total. The van der Waals surface area contributed by atoms with Gasteiger partial charge in [-0.25, -0.2) is 8.78 Å². The molecule has 1 nitrogen and oxygen atoms in total. The Morgan fingerprint density at radius 1 is 0.773 bits per heavy atom. The maximum Gasteiger partial charge on any atom is 0.133 e. The molecule has 0 aliphatic rings. The molecule has 0 unspecified atom stereocenters. The van der Waals surface area contributed by atoms with E-state index in [1.165, 1.54) is 12.1 Å². The fourth-order valence-corrected chi connectivity index (χ4v) is 2.20. The van der Waals surface area contributed by atoms with Crippen LogP contribution < -0.4 is 4.74 Å². The van der Waals surface area contributed by atoms with Crippen LogP contribution in [0.4, 0.5) is 8.78 Å². The summed E-state index contributed by atoms with van der Waals surface area (Å²) in [6.45, 7) is 0.477. The van der Waals surface area contributed by atoms with Crippen molar-refractivity contribution in [1.29, 1.82) is 0 Å². The zero-order chi connectivity index (χ0) is 15.4. The first-order valence-electron chi connectivity index (χ1n) is 6.94. The number of ether oxygens (including phenoxy) is 1. The number of hydrogen-bond donors (Lipinski definition) is 0. The molecule has 0 aliphatic heterocycles. The van der Waals surface area contributed by atoms with Crippen LogP contribution in [0.5, 0.6) is 5.75 Å². The first-order valence-corrected chi connectivity index (χ1v) is 6.94. The summed E-state index contributed by atoms with van der Waals surface area (Å²) in [5.74, 6) is -0.447. The lowest BCUT2D eigenvalue weighted by Gasteiger charge is -2.08.